The van der Waals surface area contributed by atoms with Crippen molar-refractivity contribution in [3.8, 4) is 22.8 Å². The molecule has 0 saturated carbocycles. The van der Waals surface area contributed by atoms with E-state index < -0.39 is 5.91 Å². The number of aromatic nitrogens is 2. The van der Waals surface area contributed by atoms with E-state index >= 15 is 0 Å². The van der Waals surface area contributed by atoms with E-state index in [4.69, 9.17) is 4.74 Å². The molecular formula is C25H21BrN4O3. The number of phenols is 1. The van der Waals surface area contributed by atoms with Gasteiger partial charge in [0.2, 0.25) is 0 Å². The van der Waals surface area contributed by atoms with Crippen molar-refractivity contribution in [3.63, 3.8) is 0 Å². The van der Waals surface area contributed by atoms with Crippen LogP contribution in [-0.4, -0.2) is 27.4 Å². The van der Waals surface area contributed by atoms with Crippen LogP contribution in [0.1, 0.15) is 27.2 Å². The van der Waals surface area contributed by atoms with Crippen LogP contribution in [0.3, 0.4) is 0 Å². The maximum Gasteiger partial charge on any atom is 0.289 e. The molecule has 0 spiro atoms. The zero-order valence-electron chi connectivity index (χ0n) is 17.7. The molecule has 7 nitrogen and oxygen atoms in total. The highest BCUT2D eigenvalue weighted by Gasteiger charge is 2.11. The van der Waals surface area contributed by atoms with Crippen molar-refractivity contribution in [3.05, 3.63) is 99.7 Å². The minimum Gasteiger partial charge on any atom is -0.507 e. The first-order valence-corrected chi connectivity index (χ1v) is 10.9. The van der Waals surface area contributed by atoms with E-state index in [0.29, 0.717) is 17.9 Å². The number of H-pyrrole nitrogens is 1. The van der Waals surface area contributed by atoms with Crippen LogP contribution in [-0.2, 0) is 6.61 Å². The average molecular weight is 505 g/mol. The normalized spacial score (nSPS) is 11.0. The molecule has 0 unspecified atom stereocenters. The first kappa shape index (κ1) is 22.3. The lowest BCUT2D eigenvalue weighted by Gasteiger charge is -2.07. The van der Waals surface area contributed by atoms with Crippen LogP contribution in [0.5, 0.6) is 11.5 Å². The standard InChI is InChI=1S/C25H21BrN4O3/c1-16-2-4-17(5-3-16)15-33-21-9-6-18(7-10-21)22-13-23(29-28-22)25(32)30-27-14-19-12-20(26)8-11-24(19)31/h2-14,31H,15H2,1H3,(H,28,29)(H,30,32)/b27-14+. The molecule has 4 rings (SSSR count). The van der Waals surface area contributed by atoms with Crippen LogP contribution in [0.2, 0.25) is 0 Å². The lowest BCUT2D eigenvalue weighted by Crippen LogP contribution is -2.18. The Morgan fingerprint density at radius 2 is 1.88 bits per heavy atom. The highest BCUT2D eigenvalue weighted by atomic mass is 79.9. The molecule has 1 amide bonds. The topological polar surface area (TPSA) is 99.6 Å². The molecular weight excluding hydrogens is 484 g/mol. The third-order valence-electron chi connectivity index (χ3n) is 4.86. The molecule has 0 fully saturated rings. The summed E-state index contributed by atoms with van der Waals surface area (Å²) in [6.07, 6.45) is 1.37. The number of hydrazone groups is 1. The fourth-order valence-electron chi connectivity index (χ4n) is 3.01. The van der Waals surface area contributed by atoms with Gasteiger partial charge in [0.25, 0.3) is 5.91 Å². The molecule has 1 heterocycles. The molecule has 3 N–H and O–H groups in total. The quantitative estimate of drug-likeness (QED) is 0.238. The molecule has 33 heavy (non-hydrogen) atoms. The van der Waals surface area contributed by atoms with Gasteiger partial charge in [0.05, 0.1) is 11.9 Å². The number of aromatic hydroxyl groups is 1. The summed E-state index contributed by atoms with van der Waals surface area (Å²) in [6.45, 7) is 2.54. The number of aromatic amines is 1. The zero-order valence-corrected chi connectivity index (χ0v) is 19.3. The molecule has 0 saturated heterocycles. The van der Waals surface area contributed by atoms with E-state index in [2.05, 4.69) is 55.7 Å². The number of rotatable bonds is 7. The summed E-state index contributed by atoms with van der Waals surface area (Å²) in [5.74, 6) is 0.363. The van der Waals surface area contributed by atoms with E-state index in [0.717, 1.165) is 21.3 Å². The summed E-state index contributed by atoms with van der Waals surface area (Å²) >= 11 is 3.32. The minimum atomic E-state index is -0.447. The predicted octanol–water partition coefficient (Wildman–Crippen LogP) is 5.20. The Labute approximate surface area is 199 Å². The van der Waals surface area contributed by atoms with Gasteiger partial charge in [-0.05, 0) is 61.0 Å². The van der Waals surface area contributed by atoms with Gasteiger partial charge >= 0.3 is 0 Å². The number of aryl methyl sites for hydroxylation is 1. The number of halogens is 1. The summed E-state index contributed by atoms with van der Waals surface area (Å²) in [7, 11) is 0. The third-order valence-corrected chi connectivity index (χ3v) is 5.35. The Hall–Kier alpha value is -3.91. The Morgan fingerprint density at radius 3 is 2.64 bits per heavy atom. The van der Waals surface area contributed by atoms with Gasteiger partial charge in [-0.1, -0.05) is 45.8 Å². The monoisotopic (exact) mass is 504 g/mol. The van der Waals surface area contributed by atoms with Gasteiger partial charge < -0.3 is 9.84 Å². The Morgan fingerprint density at radius 1 is 1.12 bits per heavy atom. The number of carbonyl (C=O) groups excluding carboxylic acids is 1. The van der Waals surface area contributed by atoms with Crippen molar-refractivity contribution >= 4 is 28.1 Å². The number of nitrogens with one attached hydrogen (secondary N) is 2. The molecule has 8 heteroatoms. The summed E-state index contributed by atoms with van der Waals surface area (Å²) in [5, 5.41) is 20.6. The molecule has 0 radical (unpaired) electrons. The van der Waals surface area contributed by atoms with Crippen LogP contribution in [0.4, 0.5) is 0 Å². The van der Waals surface area contributed by atoms with Crippen molar-refractivity contribution < 1.29 is 14.6 Å². The maximum atomic E-state index is 12.3. The number of amides is 1. The molecule has 0 atom stereocenters. The lowest BCUT2D eigenvalue weighted by molar-refractivity contribution is 0.0950. The molecule has 0 aliphatic rings. The summed E-state index contributed by atoms with van der Waals surface area (Å²) in [4.78, 5) is 12.3. The summed E-state index contributed by atoms with van der Waals surface area (Å²) in [6, 6.07) is 22.3. The smallest absolute Gasteiger partial charge is 0.289 e. The molecule has 0 aliphatic heterocycles. The van der Waals surface area contributed by atoms with Crippen molar-refractivity contribution in [2.75, 3.05) is 0 Å². The SMILES string of the molecule is Cc1ccc(COc2ccc(-c3cc(C(=O)N/N=C/c4cc(Br)ccc4O)[nH]n3)cc2)cc1. The first-order chi connectivity index (χ1) is 16.0. The fourth-order valence-corrected chi connectivity index (χ4v) is 3.39. The van der Waals surface area contributed by atoms with Gasteiger partial charge in [-0.15, -0.1) is 0 Å². The van der Waals surface area contributed by atoms with Crippen LogP contribution < -0.4 is 10.2 Å². The fraction of sp³-hybridized carbons (Fsp3) is 0.0800. The van der Waals surface area contributed by atoms with Gasteiger partial charge in [-0.25, -0.2) is 5.43 Å². The first-order valence-electron chi connectivity index (χ1n) is 10.1. The Balaban J connectivity index is 1.35. The highest BCUT2D eigenvalue weighted by molar-refractivity contribution is 9.10. The summed E-state index contributed by atoms with van der Waals surface area (Å²) in [5.41, 5.74) is 6.94. The van der Waals surface area contributed by atoms with Gasteiger partial charge in [-0.2, -0.15) is 10.2 Å². The van der Waals surface area contributed by atoms with Gasteiger partial charge in [0, 0.05) is 15.6 Å². The van der Waals surface area contributed by atoms with Crippen LogP contribution in [0.15, 0.2) is 82.4 Å². The van der Waals surface area contributed by atoms with E-state index in [-0.39, 0.29) is 11.4 Å². The Bertz CT molecular complexity index is 1280. The zero-order chi connectivity index (χ0) is 23.2. The van der Waals surface area contributed by atoms with Crippen molar-refractivity contribution in [1.82, 2.24) is 15.6 Å². The third kappa shape index (κ3) is 5.87. The van der Waals surface area contributed by atoms with Crippen molar-refractivity contribution in [2.45, 2.75) is 13.5 Å². The largest absolute Gasteiger partial charge is 0.507 e. The Kier molecular flexibility index (Phi) is 6.85. The average Bonchev–Trinajstić information content (AvgIpc) is 3.32. The van der Waals surface area contributed by atoms with E-state index in [1.165, 1.54) is 17.8 Å². The number of hydrogen-bond acceptors (Lipinski definition) is 5. The maximum absolute atomic E-state index is 12.3. The van der Waals surface area contributed by atoms with Gasteiger partial charge in [0.15, 0.2) is 0 Å². The molecule has 3 aromatic carbocycles. The number of phenolic OH excluding ortho intramolecular Hbond substituents is 1. The summed E-state index contributed by atoms with van der Waals surface area (Å²) < 4.78 is 6.62. The molecule has 1 aromatic heterocycles. The second kappa shape index (κ2) is 10.1. The number of nitrogens with zero attached hydrogens (tertiary/aromatic N) is 2. The van der Waals surface area contributed by atoms with E-state index in [1.807, 2.05) is 36.4 Å². The van der Waals surface area contributed by atoms with Gasteiger partial charge in [-0.3, -0.25) is 9.89 Å². The highest BCUT2D eigenvalue weighted by Crippen LogP contribution is 2.22. The van der Waals surface area contributed by atoms with E-state index in [9.17, 15) is 9.90 Å². The molecule has 0 bridgehead atoms. The number of benzene rings is 3. The second-order valence-corrected chi connectivity index (χ2v) is 8.28. The van der Waals surface area contributed by atoms with Crippen LogP contribution in [0.25, 0.3) is 11.3 Å². The molecule has 166 valence electrons. The number of hydrogen-bond donors (Lipinski definition) is 3. The lowest BCUT2D eigenvalue weighted by atomic mass is 10.1. The van der Waals surface area contributed by atoms with Gasteiger partial charge in [0.1, 0.15) is 23.8 Å². The minimum absolute atomic E-state index is 0.0614. The van der Waals surface area contributed by atoms with Crippen LogP contribution in [0, 0.1) is 6.92 Å². The number of carbonyl (C=O) groups is 1. The number of ether oxygens (including phenoxy) is 1. The molecule has 0 aliphatic carbocycles. The van der Waals surface area contributed by atoms with Crippen molar-refractivity contribution in [1.29, 1.82) is 0 Å². The second-order valence-electron chi connectivity index (χ2n) is 7.37. The van der Waals surface area contributed by atoms with Crippen molar-refractivity contribution in [2.24, 2.45) is 5.10 Å². The predicted molar refractivity (Wildman–Crippen MR) is 130 cm³/mol. The van der Waals surface area contributed by atoms with Crippen LogP contribution >= 0.6 is 15.9 Å². The van der Waals surface area contributed by atoms with E-state index in [1.54, 1.807) is 18.2 Å². The molecule has 4 aromatic rings.